The van der Waals surface area contributed by atoms with Crippen LogP contribution in [0.4, 0.5) is 5.69 Å². The van der Waals surface area contributed by atoms with Crippen molar-refractivity contribution < 1.29 is 4.79 Å². The molecule has 31 heavy (non-hydrogen) atoms. The van der Waals surface area contributed by atoms with Crippen LogP contribution in [0.25, 0.3) is 0 Å². The second-order valence-corrected chi connectivity index (χ2v) is 8.46. The van der Waals surface area contributed by atoms with E-state index < -0.39 is 0 Å². The maximum Gasteiger partial charge on any atom is 0.259 e. The molecule has 0 fully saturated rings. The van der Waals surface area contributed by atoms with E-state index in [1.807, 2.05) is 62.0 Å². The first-order valence-electron chi connectivity index (χ1n) is 10.3. The lowest BCUT2D eigenvalue weighted by Gasteiger charge is -2.13. The van der Waals surface area contributed by atoms with Crippen LogP contribution in [0, 0.1) is 20.8 Å². The van der Waals surface area contributed by atoms with E-state index in [0.29, 0.717) is 18.1 Å². The Balaban J connectivity index is 1.86. The number of nitrogens with one attached hydrogen (secondary N) is 2. The zero-order valence-electron chi connectivity index (χ0n) is 18.4. The molecule has 0 spiro atoms. The Morgan fingerprint density at radius 3 is 2.52 bits per heavy atom. The van der Waals surface area contributed by atoms with Gasteiger partial charge >= 0.3 is 0 Å². The van der Waals surface area contributed by atoms with E-state index in [1.165, 1.54) is 0 Å². The minimum Gasteiger partial charge on any atom is -0.326 e. The molecule has 2 N–H and O–H groups in total. The number of rotatable bonds is 6. The summed E-state index contributed by atoms with van der Waals surface area (Å²) in [4.78, 5) is 17.6. The highest BCUT2D eigenvalue weighted by Crippen LogP contribution is 2.17. The molecule has 1 heterocycles. The maximum atomic E-state index is 12.9. The number of aliphatic imine (C=N–C) groups is 1. The number of carbonyl (C=O) groups is 1. The third-order valence-corrected chi connectivity index (χ3v) is 5.43. The normalized spacial score (nSPS) is 11.5. The van der Waals surface area contributed by atoms with Crippen LogP contribution in [0.15, 0.2) is 58.1 Å². The van der Waals surface area contributed by atoms with Crippen molar-refractivity contribution in [3.05, 3.63) is 81.1 Å². The smallest absolute Gasteiger partial charge is 0.259 e. The monoisotopic (exact) mass is 481 g/mol. The lowest BCUT2D eigenvalue weighted by molar-refractivity contribution is 0.0976. The second-order valence-electron chi connectivity index (χ2n) is 7.60. The molecule has 0 saturated carbocycles. The average Bonchev–Trinajstić information content (AvgIpc) is 3.05. The number of hydrogen-bond acceptors (Lipinski definition) is 3. The molecule has 0 aliphatic rings. The number of carbonyl (C=O) groups excluding carboxylic acids is 1. The summed E-state index contributed by atoms with van der Waals surface area (Å²) in [5, 5.41) is 10.7. The Hall–Kier alpha value is -2.93. The number of amides is 1. The van der Waals surface area contributed by atoms with Gasteiger partial charge in [-0.05, 0) is 78.5 Å². The molecule has 6 nitrogen and oxygen atoms in total. The Labute approximate surface area is 191 Å². The van der Waals surface area contributed by atoms with Gasteiger partial charge in [0.25, 0.3) is 5.91 Å². The Morgan fingerprint density at radius 2 is 1.84 bits per heavy atom. The van der Waals surface area contributed by atoms with Crippen LogP contribution >= 0.6 is 15.9 Å². The van der Waals surface area contributed by atoms with E-state index in [-0.39, 0.29) is 5.91 Å². The fraction of sp³-hybridized carbons (Fsp3) is 0.292. The van der Waals surface area contributed by atoms with Crippen molar-refractivity contribution in [1.82, 2.24) is 15.1 Å². The van der Waals surface area contributed by atoms with Gasteiger partial charge in [-0.3, -0.25) is 14.8 Å². The van der Waals surface area contributed by atoms with Gasteiger partial charge in [0.2, 0.25) is 5.96 Å². The third kappa shape index (κ3) is 6.28. The van der Waals surface area contributed by atoms with Crippen LogP contribution in [0.1, 0.15) is 46.1 Å². The summed E-state index contributed by atoms with van der Waals surface area (Å²) in [5.41, 5.74) is 5.67. The lowest BCUT2D eigenvalue weighted by atomic mass is 10.1. The van der Waals surface area contributed by atoms with Gasteiger partial charge in [0.1, 0.15) is 0 Å². The molecule has 0 unspecified atom stereocenters. The van der Waals surface area contributed by atoms with Crippen LogP contribution in [0.5, 0.6) is 0 Å². The van der Waals surface area contributed by atoms with Crippen molar-refractivity contribution in [3.8, 4) is 0 Å². The van der Waals surface area contributed by atoms with Gasteiger partial charge in [0.05, 0.1) is 17.8 Å². The summed E-state index contributed by atoms with van der Waals surface area (Å²) in [7, 11) is 0. The molecule has 2 aromatic carbocycles. The Morgan fingerprint density at radius 1 is 1.13 bits per heavy atom. The highest BCUT2D eigenvalue weighted by Gasteiger charge is 2.13. The standard InChI is InChI=1S/C24H28BrN5O/c1-5-10-30-15-19(18(4)29-30)14-26-24(27-20-12-16(2)11-17(3)13-20)28-23(31)21-8-6-7-9-22(21)25/h6-9,11-13,15H,5,10,14H2,1-4H3,(H2,26,27,28,31). The van der Waals surface area contributed by atoms with Gasteiger partial charge in [0.15, 0.2) is 0 Å². The Bertz CT molecular complexity index is 1080. The van der Waals surface area contributed by atoms with E-state index in [9.17, 15) is 4.79 Å². The van der Waals surface area contributed by atoms with Crippen molar-refractivity contribution in [3.63, 3.8) is 0 Å². The van der Waals surface area contributed by atoms with Crippen LogP contribution in [-0.4, -0.2) is 21.6 Å². The number of aryl methyl sites for hydroxylation is 4. The van der Waals surface area contributed by atoms with E-state index in [1.54, 1.807) is 6.07 Å². The highest BCUT2D eigenvalue weighted by atomic mass is 79.9. The first-order valence-corrected chi connectivity index (χ1v) is 11.1. The molecule has 0 atom stereocenters. The fourth-order valence-electron chi connectivity index (χ4n) is 3.34. The second kappa shape index (κ2) is 10.4. The molecule has 0 radical (unpaired) electrons. The van der Waals surface area contributed by atoms with Crippen molar-refractivity contribution in [2.75, 3.05) is 5.32 Å². The number of aromatic nitrogens is 2. The number of anilines is 1. The first-order chi connectivity index (χ1) is 14.9. The van der Waals surface area contributed by atoms with Gasteiger partial charge < -0.3 is 5.32 Å². The third-order valence-electron chi connectivity index (χ3n) is 4.74. The molecule has 0 bridgehead atoms. The minimum atomic E-state index is -0.235. The summed E-state index contributed by atoms with van der Waals surface area (Å²) >= 11 is 3.44. The summed E-state index contributed by atoms with van der Waals surface area (Å²) in [5.74, 6) is 0.162. The summed E-state index contributed by atoms with van der Waals surface area (Å²) in [6, 6.07) is 13.5. The molecule has 1 aromatic heterocycles. The van der Waals surface area contributed by atoms with E-state index in [4.69, 9.17) is 0 Å². The number of guanidine groups is 1. The summed E-state index contributed by atoms with van der Waals surface area (Å²) < 4.78 is 2.67. The van der Waals surface area contributed by atoms with E-state index >= 15 is 0 Å². The molecular formula is C24H28BrN5O. The maximum absolute atomic E-state index is 12.9. The fourth-order valence-corrected chi connectivity index (χ4v) is 3.80. The largest absolute Gasteiger partial charge is 0.326 e. The van der Waals surface area contributed by atoms with E-state index in [0.717, 1.165) is 45.5 Å². The zero-order chi connectivity index (χ0) is 22.4. The molecular weight excluding hydrogens is 454 g/mol. The molecule has 162 valence electrons. The number of nitrogens with zero attached hydrogens (tertiary/aromatic N) is 3. The van der Waals surface area contributed by atoms with Crippen LogP contribution < -0.4 is 10.6 Å². The minimum absolute atomic E-state index is 0.235. The summed E-state index contributed by atoms with van der Waals surface area (Å²) in [6.45, 7) is 9.47. The quantitative estimate of drug-likeness (QED) is 0.366. The summed E-state index contributed by atoms with van der Waals surface area (Å²) in [6.07, 6.45) is 3.04. The van der Waals surface area contributed by atoms with Gasteiger partial charge in [-0.15, -0.1) is 0 Å². The highest BCUT2D eigenvalue weighted by molar-refractivity contribution is 9.10. The van der Waals surface area contributed by atoms with Crippen LogP contribution in [0.3, 0.4) is 0 Å². The predicted molar refractivity (Wildman–Crippen MR) is 130 cm³/mol. The predicted octanol–water partition coefficient (Wildman–Crippen LogP) is 5.38. The average molecular weight is 482 g/mol. The molecule has 0 aliphatic heterocycles. The molecule has 1 amide bonds. The molecule has 3 rings (SSSR count). The number of benzene rings is 2. The van der Waals surface area contributed by atoms with Crippen molar-refractivity contribution in [1.29, 1.82) is 0 Å². The number of hydrogen-bond donors (Lipinski definition) is 2. The van der Waals surface area contributed by atoms with Crippen molar-refractivity contribution in [2.45, 2.75) is 47.2 Å². The van der Waals surface area contributed by atoms with E-state index in [2.05, 4.69) is 49.6 Å². The van der Waals surface area contributed by atoms with Gasteiger partial charge in [-0.25, -0.2) is 4.99 Å². The first kappa shape index (κ1) is 22.7. The van der Waals surface area contributed by atoms with Crippen molar-refractivity contribution >= 4 is 33.5 Å². The zero-order valence-corrected chi connectivity index (χ0v) is 20.0. The molecule has 0 aliphatic carbocycles. The number of halogens is 1. The van der Waals surface area contributed by atoms with Gasteiger partial charge in [-0.2, -0.15) is 5.10 Å². The molecule has 7 heteroatoms. The van der Waals surface area contributed by atoms with Crippen molar-refractivity contribution in [2.24, 2.45) is 4.99 Å². The topological polar surface area (TPSA) is 71.3 Å². The van der Waals surface area contributed by atoms with Gasteiger partial charge in [0, 0.05) is 28.5 Å². The lowest BCUT2D eigenvalue weighted by Crippen LogP contribution is -2.36. The SMILES string of the molecule is CCCn1cc(CN=C(NC(=O)c2ccccc2Br)Nc2cc(C)cc(C)c2)c(C)n1. The molecule has 0 saturated heterocycles. The van der Waals surface area contributed by atoms with Crippen LogP contribution in [-0.2, 0) is 13.1 Å². The van der Waals surface area contributed by atoms with Crippen LogP contribution in [0.2, 0.25) is 0 Å². The molecule has 3 aromatic rings. The Kier molecular flexibility index (Phi) is 7.63. The van der Waals surface area contributed by atoms with Gasteiger partial charge in [-0.1, -0.05) is 25.1 Å².